The number of hydrogen-bond acceptors (Lipinski definition) is 7. The molecule has 0 bridgehead atoms. The van der Waals surface area contributed by atoms with Crippen LogP contribution in [-0.2, 0) is 6.54 Å². The first-order chi connectivity index (χ1) is 20.1. The number of rotatable bonds is 7. The average Bonchev–Trinajstić information content (AvgIpc) is 3.75. The number of aromatic nitrogens is 5. The minimum atomic E-state index is -0.0712. The van der Waals surface area contributed by atoms with E-state index in [9.17, 15) is 9.90 Å². The lowest BCUT2D eigenvalue weighted by Gasteiger charge is -2.17. The Balaban J connectivity index is 1.02. The summed E-state index contributed by atoms with van der Waals surface area (Å²) < 4.78 is 1.73. The standard InChI is InChI=1S/C31H28N8O2/c40-30(37-25-12-13-38(18-25)17-20-4-2-1-3-5-20)21-6-9-24(10-7-21)36-28-29-34-19-35-39(29)27(16-32-28)22-8-11-26-23(14-22)15-33-31(26)41/h1-11,14-16,19,25,33,41H,12-13,17-18H2,(H,32,36)(H,37,40)/t25-/m1/s1. The van der Waals surface area contributed by atoms with Crippen LogP contribution in [0.1, 0.15) is 22.3 Å². The molecule has 4 heterocycles. The fourth-order valence-corrected chi connectivity index (χ4v) is 5.43. The van der Waals surface area contributed by atoms with E-state index in [2.05, 4.69) is 59.8 Å². The molecule has 1 amide bonds. The van der Waals surface area contributed by atoms with E-state index in [0.29, 0.717) is 17.0 Å². The highest BCUT2D eigenvalue weighted by Crippen LogP contribution is 2.30. The van der Waals surface area contributed by atoms with Crippen LogP contribution in [0.15, 0.2) is 91.5 Å². The van der Waals surface area contributed by atoms with E-state index in [1.807, 2.05) is 48.5 Å². The number of H-pyrrole nitrogens is 1. The van der Waals surface area contributed by atoms with Crippen LogP contribution < -0.4 is 10.6 Å². The van der Waals surface area contributed by atoms with Crippen molar-refractivity contribution in [1.82, 2.24) is 34.8 Å². The average molecular weight is 545 g/mol. The van der Waals surface area contributed by atoms with Crippen molar-refractivity contribution in [2.24, 2.45) is 0 Å². The Kier molecular flexibility index (Phi) is 6.29. The van der Waals surface area contributed by atoms with Crippen LogP contribution in [0, 0.1) is 0 Å². The number of nitrogens with one attached hydrogen (secondary N) is 3. The molecule has 0 radical (unpaired) electrons. The number of carbonyl (C=O) groups excluding carboxylic acids is 1. The minimum Gasteiger partial charge on any atom is -0.494 e. The minimum absolute atomic E-state index is 0.0712. The molecule has 0 aliphatic carbocycles. The highest BCUT2D eigenvalue weighted by molar-refractivity contribution is 5.95. The Morgan fingerprint density at radius 3 is 2.76 bits per heavy atom. The third-order valence-electron chi connectivity index (χ3n) is 7.54. The molecule has 7 rings (SSSR count). The summed E-state index contributed by atoms with van der Waals surface area (Å²) in [4.78, 5) is 27.2. The number of hydrogen-bond donors (Lipinski definition) is 4. The van der Waals surface area contributed by atoms with Gasteiger partial charge in [-0.15, -0.1) is 0 Å². The molecule has 1 atom stereocenters. The lowest BCUT2D eigenvalue weighted by atomic mass is 10.1. The van der Waals surface area contributed by atoms with Crippen molar-refractivity contribution in [2.75, 3.05) is 18.4 Å². The van der Waals surface area contributed by atoms with Gasteiger partial charge in [0.1, 0.15) is 6.33 Å². The Morgan fingerprint density at radius 1 is 1.05 bits per heavy atom. The molecule has 1 saturated heterocycles. The van der Waals surface area contributed by atoms with E-state index in [-0.39, 0.29) is 17.8 Å². The van der Waals surface area contributed by atoms with Crippen LogP contribution in [0.5, 0.6) is 5.88 Å². The number of anilines is 2. The van der Waals surface area contributed by atoms with Gasteiger partial charge in [0.2, 0.25) is 0 Å². The van der Waals surface area contributed by atoms with Gasteiger partial charge in [-0.25, -0.2) is 14.5 Å². The van der Waals surface area contributed by atoms with E-state index in [4.69, 9.17) is 0 Å². The van der Waals surface area contributed by atoms with E-state index in [0.717, 1.165) is 53.8 Å². The zero-order valence-electron chi connectivity index (χ0n) is 22.2. The van der Waals surface area contributed by atoms with Crippen molar-refractivity contribution >= 4 is 33.8 Å². The van der Waals surface area contributed by atoms with Crippen LogP contribution in [0.2, 0.25) is 0 Å². The summed E-state index contributed by atoms with van der Waals surface area (Å²) in [5.74, 6) is 0.620. The van der Waals surface area contributed by atoms with E-state index in [1.165, 1.54) is 11.9 Å². The van der Waals surface area contributed by atoms with Crippen molar-refractivity contribution in [2.45, 2.75) is 19.0 Å². The third kappa shape index (κ3) is 4.96. The molecule has 1 aliphatic heterocycles. The SMILES string of the molecule is O=C(N[C@@H]1CCN(Cc2ccccc2)C1)c1ccc(Nc2ncc(-c3ccc4c(O)[nH]cc4c3)n3ncnc23)cc1. The molecule has 204 valence electrons. The van der Waals surface area contributed by atoms with Crippen LogP contribution >= 0.6 is 0 Å². The molecule has 1 fully saturated rings. The highest BCUT2D eigenvalue weighted by atomic mass is 16.3. The van der Waals surface area contributed by atoms with Crippen LogP contribution in [0.25, 0.3) is 27.7 Å². The molecule has 3 aromatic heterocycles. The molecular weight excluding hydrogens is 516 g/mol. The molecule has 10 nitrogen and oxygen atoms in total. The molecule has 10 heteroatoms. The quantitative estimate of drug-likeness (QED) is 0.229. The summed E-state index contributed by atoms with van der Waals surface area (Å²) in [5, 5.41) is 22.5. The summed E-state index contributed by atoms with van der Waals surface area (Å²) >= 11 is 0. The predicted octanol–water partition coefficient (Wildman–Crippen LogP) is 4.73. The second kappa shape index (κ2) is 10.4. The predicted molar refractivity (Wildman–Crippen MR) is 157 cm³/mol. The number of likely N-dealkylation sites (tertiary alicyclic amines) is 1. The lowest BCUT2D eigenvalue weighted by molar-refractivity contribution is 0.0937. The zero-order valence-corrected chi connectivity index (χ0v) is 22.2. The second-order valence-corrected chi connectivity index (χ2v) is 10.3. The normalized spacial score (nSPS) is 15.5. The first-order valence-corrected chi connectivity index (χ1v) is 13.5. The smallest absolute Gasteiger partial charge is 0.251 e. The number of aromatic amines is 1. The van der Waals surface area contributed by atoms with Crippen molar-refractivity contribution in [3.8, 4) is 17.1 Å². The maximum Gasteiger partial charge on any atom is 0.251 e. The van der Waals surface area contributed by atoms with Gasteiger partial charge in [-0.3, -0.25) is 9.69 Å². The van der Waals surface area contributed by atoms with Gasteiger partial charge in [-0.1, -0.05) is 36.4 Å². The fraction of sp³-hybridized carbons (Fsp3) is 0.161. The Labute approximate surface area is 235 Å². The van der Waals surface area contributed by atoms with Crippen molar-refractivity contribution < 1.29 is 9.90 Å². The molecule has 6 aromatic rings. The number of amides is 1. The first-order valence-electron chi connectivity index (χ1n) is 13.5. The third-order valence-corrected chi connectivity index (χ3v) is 7.54. The molecule has 0 saturated carbocycles. The maximum atomic E-state index is 12.9. The number of fused-ring (bicyclic) bond motifs is 2. The second-order valence-electron chi connectivity index (χ2n) is 10.3. The van der Waals surface area contributed by atoms with Gasteiger partial charge in [-0.05, 0) is 48.4 Å². The fourth-order valence-electron chi connectivity index (χ4n) is 5.43. The van der Waals surface area contributed by atoms with Gasteiger partial charge in [0.05, 0.1) is 11.9 Å². The molecule has 4 N–H and O–H groups in total. The Hall–Kier alpha value is -5.22. The largest absolute Gasteiger partial charge is 0.494 e. The highest BCUT2D eigenvalue weighted by Gasteiger charge is 2.24. The number of carbonyl (C=O) groups is 1. The summed E-state index contributed by atoms with van der Waals surface area (Å²) in [6, 6.07) is 23.6. The molecular formula is C31H28N8O2. The van der Waals surface area contributed by atoms with Crippen LogP contribution in [0.4, 0.5) is 11.5 Å². The lowest BCUT2D eigenvalue weighted by Crippen LogP contribution is -2.36. The summed E-state index contributed by atoms with van der Waals surface area (Å²) in [7, 11) is 0. The van der Waals surface area contributed by atoms with Gasteiger partial charge >= 0.3 is 0 Å². The zero-order chi connectivity index (χ0) is 27.8. The van der Waals surface area contributed by atoms with Gasteiger partial charge in [0, 0.05) is 59.5 Å². The molecule has 41 heavy (non-hydrogen) atoms. The molecule has 0 spiro atoms. The maximum absolute atomic E-state index is 12.9. The monoisotopic (exact) mass is 544 g/mol. The van der Waals surface area contributed by atoms with Gasteiger partial charge in [0.25, 0.3) is 5.91 Å². The van der Waals surface area contributed by atoms with E-state index < -0.39 is 0 Å². The summed E-state index contributed by atoms with van der Waals surface area (Å²) in [6.45, 7) is 2.71. The van der Waals surface area contributed by atoms with Gasteiger partial charge in [-0.2, -0.15) is 5.10 Å². The van der Waals surface area contributed by atoms with Crippen molar-refractivity contribution in [1.29, 1.82) is 0 Å². The molecule has 1 aliphatic rings. The van der Waals surface area contributed by atoms with Gasteiger partial charge < -0.3 is 20.7 Å². The number of aromatic hydroxyl groups is 1. The Morgan fingerprint density at radius 2 is 1.90 bits per heavy atom. The number of nitrogens with zero attached hydrogens (tertiary/aromatic N) is 5. The number of benzene rings is 3. The summed E-state index contributed by atoms with van der Waals surface area (Å²) in [5.41, 5.74) is 4.92. The van der Waals surface area contributed by atoms with Crippen molar-refractivity contribution in [3.05, 3.63) is 103 Å². The van der Waals surface area contributed by atoms with E-state index >= 15 is 0 Å². The molecule has 0 unspecified atom stereocenters. The van der Waals surface area contributed by atoms with Crippen LogP contribution in [0.3, 0.4) is 0 Å². The summed E-state index contributed by atoms with van der Waals surface area (Å²) in [6.07, 6.45) is 5.93. The molecule has 3 aromatic carbocycles. The first kappa shape index (κ1) is 24.8. The van der Waals surface area contributed by atoms with Crippen LogP contribution in [-0.4, -0.2) is 59.6 Å². The van der Waals surface area contributed by atoms with Gasteiger partial charge in [0.15, 0.2) is 17.3 Å². The topological polar surface area (TPSA) is 123 Å². The van der Waals surface area contributed by atoms with Crippen molar-refractivity contribution in [3.63, 3.8) is 0 Å². The Bertz CT molecular complexity index is 1850. The van der Waals surface area contributed by atoms with E-state index in [1.54, 1.807) is 16.9 Å².